The first-order chi connectivity index (χ1) is 16.2. The van der Waals surface area contributed by atoms with Crippen molar-refractivity contribution < 1.29 is 0 Å². The molecule has 0 amide bonds. The fraction of sp³-hybridized carbons (Fsp3) is 0. The Balaban J connectivity index is 1.37. The summed E-state index contributed by atoms with van der Waals surface area (Å²) in [6.45, 7) is 0. The van der Waals surface area contributed by atoms with Crippen molar-refractivity contribution >= 4 is 36.1 Å². The third-order valence-electron chi connectivity index (χ3n) is 6.40. The third kappa shape index (κ3) is 3.84. The van der Waals surface area contributed by atoms with E-state index >= 15 is 0 Å². The topological polar surface area (TPSA) is 0 Å². The van der Waals surface area contributed by atoms with Gasteiger partial charge in [0.05, 0.1) is 0 Å². The van der Waals surface area contributed by atoms with Gasteiger partial charge in [-0.25, -0.2) is 0 Å². The number of fused-ring (bicyclic) bond motifs is 2. The van der Waals surface area contributed by atoms with Crippen molar-refractivity contribution in [2.75, 3.05) is 0 Å². The van der Waals surface area contributed by atoms with E-state index in [0.717, 1.165) is 0 Å². The van der Waals surface area contributed by atoms with E-state index in [1.807, 2.05) is 0 Å². The summed E-state index contributed by atoms with van der Waals surface area (Å²) in [6.07, 6.45) is 0. The molecule has 0 heterocycles. The molecule has 0 aliphatic heterocycles. The second kappa shape index (κ2) is 8.32. The first-order valence-corrected chi connectivity index (χ1v) is 11.8. The molecule has 6 rings (SSSR count). The van der Waals surface area contributed by atoms with Crippen molar-refractivity contribution in [2.24, 2.45) is 0 Å². The molecule has 33 heavy (non-hydrogen) atoms. The number of hydrogen-bond acceptors (Lipinski definition) is 0. The normalized spacial score (nSPS) is 11.2. The highest BCUT2D eigenvalue weighted by molar-refractivity contribution is 7.27. The zero-order valence-corrected chi connectivity index (χ0v) is 19.4. The Hall–Kier alpha value is -3.73. The average molecular weight is 439 g/mol. The van der Waals surface area contributed by atoms with Gasteiger partial charge in [-0.3, -0.25) is 0 Å². The second-order valence-electron chi connectivity index (χ2n) is 8.50. The highest BCUT2D eigenvalue weighted by atomic mass is 31.0. The minimum Gasteiger partial charge on any atom is -0.106 e. The molecule has 156 valence electrons. The standard InChI is InChI=1S/C32H23P/c33-30-18-16-23(17-19-30)28-15-11-24-10-14-27(20-29(24)21-28)22-8-12-26(13-9-22)32-7-3-5-25-4-1-2-6-31(25)32/h1-21H,33H2. The summed E-state index contributed by atoms with van der Waals surface area (Å²) in [5.74, 6) is 0. The van der Waals surface area contributed by atoms with E-state index in [1.165, 1.54) is 60.2 Å². The van der Waals surface area contributed by atoms with Gasteiger partial charge in [0.1, 0.15) is 0 Å². The van der Waals surface area contributed by atoms with Crippen LogP contribution >= 0.6 is 9.24 Å². The molecule has 0 saturated carbocycles. The minimum atomic E-state index is 1.20. The van der Waals surface area contributed by atoms with Crippen molar-refractivity contribution in [3.63, 3.8) is 0 Å². The van der Waals surface area contributed by atoms with Crippen LogP contribution in [0.2, 0.25) is 0 Å². The van der Waals surface area contributed by atoms with E-state index in [-0.39, 0.29) is 0 Å². The Morgan fingerprint density at radius 1 is 0.364 bits per heavy atom. The maximum absolute atomic E-state index is 2.75. The van der Waals surface area contributed by atoms with Gasteiger partial charge in [0, 0.05) is 0 Å². The molecule has 6 aromatic carbocycles. The predicted octanol–water partition coefficient (Wildman–Crippen LogP) is 8.49. The number of hydrogen-bond donors (Lipinski definition) is 0. The lowest BCUT2D eigenvalue weighted by Crippen LogP contribution is -1.88. The van der Waals surface area contributed by atoms with Crippen LogP contribution in [0.25, 0.3) is 54.9 Å². The molecule has 0 nitrogen and oxygen atoms in total. The van der Waals surface area contributed by atoms with Crippen molar-refractivity contribution in [3.05, 3.63) is 127 Å². The van der Waals surface area contributed by atoms with Crippen LogP contribution in [0, 0.1) is 0 Å². The Kier molecular flexibility index (Phi) is 5.02. The molecule has 0 saturated heterocycles. The Morgan fingerprint density at radius 3 is 1.61 bits per heavy atom. The van der Waals surface area contributed by atoms with E-state index in [9.17, 15) is 0 Å². The Morgan fingerprint density at radius 2 is 0.909 bits per heavy atom. The maximum Gasteiger partial charge on any atom is -0.0105 e. The van der Waals surface area contributed by atoms with E-state index in [0.29, 0.717) is 0 Å². The quantitative estimate of drug-likeness (QED) is 0.243. The van der Waals surface area contributed by atoms with Crippen LogP contribution in [0.5, 0.6) is 0 Å². The summed E-state index contributed by atoms with van der Waals surface area (Å²) in [6, 6.07) is 46.1. The summed E-state index contributed by atoms with van der Waals surface area (Å²) < 4.78 is 0. The van der Waals surface area contributed by atoms with Crippen LogP contribution < -0.4 is 5.30 Å². The lowest BCUT2D eigenvalue weighted by molar-refractivity contribution is 1.61. The van der Waals surface area contributed by atoms with Gasteiger partial charge in [0.15, 0.2) is 0 Å². The molecule has 1 atom stereocenters. The Labute approximate surface area is 196 Å². The van der Waals surface area contributed by atoms with Crippen molar-refractivity contribution in [2.45, 2.75) is 0 Å². The van der Waals surface area contributed by atoms with Crippen molar-refractivity contribution in [1.29, 1.82) is 0 Å². The predicted molar refractivity (Wildman–Crippen MR) is 147 cm³/mol. The van der Waals surface area contributed by atoms with Crippen LogP contribution in [0.1, 0.15) is 0 Å². The fourth-order valence-electron chi connectivity index (χ4n) is 4.60. The molecular weight excluding hydrogens is 415 g/mol. The fourth-order valence-corrected chi connectivity index (χ4v) is 4.79. The van der Waals surface area contributed by atoms with Gasteiger partial charge in [0.25, 0.3) is 0 Å². The van der Waals surface area contributed by atoms with Crippen molar-refractivity contribution in [1.82, 2.24) is 0 Å². The zero-order valence-electron chi connectivity index (χ0n) is 18.2. The smallest absolute Gasteiger partial charge is 0.0105 e. The monoisotopic (exact) mass is 438 g/mol. The second-order valence-corrected chi connectivity index (χ2v) is 9.17. The maximum atomic E-state index is 2.75. The molecule has 0 aromatic heterocycles. The largest absolute Gasteiger partial charge is 0.106 e. The molecule has 0 N–H and O–H groups in total. The highest BCUT2D eigenvalue weighted by Crippen LogP contribution is 2.32. The van der Waals surface area contributed by atoms with E-state index in [2.05, 4.69) is 137 Å². The molecule has 0 aliphatic carbocycles. The zero-order chi connectivity index (χ0) is 22.2. The molecule has 1 heteroatoms. The van der Waals surface area contributed by atoms with E-state index in [1.54, 1.807) is 0 Å². The lowest BCUT2D eigenvalue weighted by atomic mass is 9.95. The van der Waals surface area contributed by atoms with Gasteiger partial charge in [-0.15, -0.1) is 9.24 Å². The molecule has 6 aromatic rings. The van der Waals surface area contributed by atoms with Crippen LogP contribution in [-0.2, 0) is 0 Å². The lowest BCUT2D eigenvalue weighted by Gasteiger charge is -2.10. The van der Waals surface area contributed by atoms with Gasteiger partial charge in [-0.1, -0.05) is 115 Å². The SMILES string of the molecule is Pc1ccc(-c2ccc3ccc(-c4ccc(-c5cccc6ccccc56)cc4)cc3c2)cc1. The Bertz CT molecular complexity index is 1590. The molecule has 1 unspecified atom stereocenters. The molecule has 0 radical (unpaired) electrons. The number of rotatable bonds is 3. The van der Waals surface area contributed by atoms with Gasteiger partial charge in [-0.2, -0.15) is 0 Å². The van der Waals surface area contributed by atoms with Gasteiger partial charge in [-0.05, 0) is 72.4 Å². The number of benzene rings is 6. The molecule has 0 bridgehead atoms. The summed E-state index contributed by atoms with van der Waals surface area (Å²) in [5.41, 5.74) is 7.49. The van der Waals surface area contributed by atoms with Crippen LogP contribution in [-0.4, -0.2) is 0 Å². The first-order valence-electron chi connectivity index (χ1n) is 11.2. The molecule has 0 fully saturated rings. The summed E-state index contributed by atoms with van der Waals surface area (Å²) in [7, 11) is 2.75. The van der Waals surface area contributed by atoms with Crippen LogP contribution in [0.4, 0.5) is 0 Å². The summed E-state index contributed by atoms with van der Waals surface area (Å²) in [5, 5.41) is 6.29. The van der Waals surface area contributed by atoms with E-state index < -0.39 is 0 Å². The van der Waals surface area contributed by atoms with Gasteiger partial charge >= 0.3 is 0 Å². The third-order valence-corrected chi connectivity index (χ3v) is 6.79. The van der Waals surface area contributed by atoms with Crippen LogP contribution in [0.15, 0.2) is 127 Å². The van der Waals surface area contributed by atoms with Gasteiger partial charge in [0.2, 0.25) is 0 Å². The molecular formula is C32H23P. The average Bonchev–Trinajstić information content (AvgIpc) is 2.88. The van der Waals surface area contributed by atoms with Gasteiger partial charge < -0.3 is 0 Å². The summed E-state index contributed by atoms with van der Waals surface area (Å²) in [4.78, 5) is 0. The van der Waals surface area contributed by atoms with Crippen molar-refractivity contribution in [3.8, 4) is 33.4 Å². The first kappa shape index (κ1) is 19.9. The minimum absolute atomic E-state index is 1.20. The summed E-state index contributed by atoms with van der Waals surface area (Å²) >= 11 is 0. The highest BCUT2D eigenvalue weighted by Gasteiger charge is 2.06. The molecule has 0 aliphatic rings. The van der Waals surface area contributed by atoms with E-state index in [4.69, 9.17) is 0 Å². The van der Waals surface area contributed by atoms with Crippen LogP contribution in [0.3, 0.4) is 0 Å². The molecule has 0 spiro atoms.